The first-order valence-electron chi connectivity index (χ1n) is 5.87. The fourth-order valence-corrected chi connectivity index (χ4v) is 1.74. The molecular weight excluding hydrogens is 258 g/mol. The van der Waals surface area contributed by atoms with E-state index in [1.807, 2.05) is 0 Å². The van der Waals surface area contributed by atoms with Crippen LogP contribution in [0.25, 0.3) is 17.4 Å². The van der Waals surface area contributed by atoms with Crippen LogP contribution in [0.4, 0.5) is 0 Å². The summed E-state index contributed by atoms with van der Waals surface area (Å²) in [6.45, 7) is 0. The second-order valence-corrected chi connectivity index (χ2v) is 3.97. The molecule has 102 valence electrons. The van der Waals surface area contributed by atoms with Crippen molar-refractivity contribution in [1.29, 1.82) is 0 Å². The van der Waals surface area contributed by atoms with E-state index in [2.05, 4.69) is 0 Å². The van der Waals surface area contributed by atoms with Crippen LogP contribution in [-0.2, 0) is 9.53 Å². The standard InChI is InChI=1S/C15H13NO4/c1-19-15(18)12-5-3-2-4-11(12)13-8-6-10(20-13)7-9-14(16)17/h2-9H,1H3,(H2,16,17)/b9-7+. The Morgan fingerprint density at radius 3 is 2.65 bits per heavy atom. The molecule has 0 unspecified atom stereocenters. The molecule has 0 aliphatic heterocycles. The summed E-state index contributed by atoms with van der Waals surface area (Å²) in [6.07, 6.45) is 2.67. The van der Waals surface area contributed by atoms with Gasteiger partial charge < -0.3 is 14.9 Å². The zero-order valence-corrected chi connectivity index (χ0v) is 10.8. The van der Waals surface area contributed by atoms with E-state index in [9.17, 15) is 9.59 Å². The zero-order chi connectivity index (χ0) is 14.5. The van der Waals surface area contributed by atoms with Crippen molar-refractivity contribution in [3.05, 3.63) is 53.8 Å². The average Bonchev–Trinajstić information content (AvgIpc) is 2.93. The van der Waals surface area contributed by atoms with Crippen LogP contribution < -0.4 is 5.73 Å². The molecule has 0 radical (unpaired) electrons. The Labute approximate surface area is 115 Å². The Hall–Kier alpha value is -2.82. The summed E-state index contributed by atoms with van der Waals surface area (Å²) in [5.74, 6) is -0.0160. The highest BCUT2D eigenvalue weighted by atomic mass is 16.5. The number of primary amides is 1. The third-order valence-electron chi connectivity index (χ3n) is 2.64. The Kier molecular flexibility index (Phi) is 4.00. The van der Waals surface area contributed by atoms with Crippen molar-refractivity contribution in [3.8, 4) is 11.3 Å². The summed E-state index contributed by atoms with van der Waals surface area (Å²) in [5, 5.41) is 0. The molecule has 0 aliphatic rings. The molecule has 0 bridgehead atoms. The molecule has 1 amide bonds. The van der Waals surface area contributed by atoms with Crippen molar-refractivity contribution in [2.45, 2.75) is 0 Å². The van der Waals surface area contributed by atoms with E-state index in [1.54, 1.807) is 36.4 Å². The zero-order valence-electron chi connectivity index (χ0n) is 10.8. The third kappa shape index (κ3) is 2.95. The molecule has 1 aromatic carbocycles. The smallest absolute Gasteiger partial charge is 0.338 e. The van der Waals surface area contributed by atoms with Gasteiger partial charge in [0.15, 0.2) is 0 Å². The van der Waals surface area contributed by atoms with Gasteiger partial charge in [0, 0.05) is 11.6 Å². The van der Waals surface area contributed by atoms with Crippen molar-refractivity contribution in [3.63, 3.8) is 0 Å². The number of amides is 1. The molecule has 0 aliphatic carbocycles. The quantitative estimate of drug-likeness (QED) is 0.682. The molecule has 1 aromatic heterocycles. The Morgan fingerprint density at radius 2 is 1.95 bits per heavy atom. The maximum atomic E-state index is 11.7. The van der Waals surface area contributed by atoms with Gasteiger partial charge in [0.05, 0.1) is 12.7 Å². The first kappa shape index (κ1) is 13.6. The highest BCUT2D eigenvalue weighted by Gasteiger charge is 2.14. The van der Waals surface area contributed by atoms with Crippen LogP contribution in [0.15, 0.2) is 46.9 Å². The van der Waals surface area contributed by atoms with Gasteiger partial charge in [0.1, 0.15) is 11.5 Å². The number of furan rings is 1. The molecule has 5 heteroatoms. The molecule has 1 heterocycles. The molecule has 0 spiro atoms. The van der Waals surface area contributed by atoms with Crippen LogP contribution in [0.2, 0.25) is 0 Å². The number of hydrogen-bond acceptors (Lipinski definition) is 4. The minimum atomic E-state index is -0.557. The number of nitrogens with two attached hydrogens (primary N) is 1. The number of esters is 1. The van der Waals surface area contributed by atoms with E-state index < -0.39 is 11.9 Å². The maximum absolute atomic E-state index is 11.7. The number of rotatable bonds is 4. The number of benzene rings is 1. The van der Waals surface area contributed by atoms with Crippen molar-refractivity contribution >= 4 is 18.0 Å². The van der Waals surface area contributed by atoms with Gasteiger partial charge in [-0.25, -0.2) is 4.79 Å². The van der Waals surface area contributed by atoms with Gasteiger partial charge in [-0.1, -0.05) is 18.2 Å². The van der Waals surface area contributed by atoms with Gasteiger partial charge in [0.2, 0.25) is 5.91 Å². The van der Waals surface area contributed by atoms with Gasteiger partial charge in [0.25, 0.3) is 0 Å². The van der Waals surface area contributed by atoms with E-state index in [4.69, 9.17) is 14.9 Å². The largest absolute Gasteiger partial charge is 0.465 e. The fraction of sp³-hybridized carbons (Fsp3) is 0.0667. The molecule has 2 aromatic rings. The summed E-state index contributed by atoms with van der Waals surface area (Å²) in [7, 11) is 1.32. The van der Waals surface area contributed by atoms with E-state index in [-0.39, 0.29) is 0 Å². The number of methoxy groups -OCH3 is 1. The molecule has 0 saturated carbocycles. The summed E-state index contributed by atoms with van der Waals surface area (Å²) < 4.78 is 10.3. The fourth-order valence-electron chi connectivity index (χ4n) is 1.74. The van der Waals surface area contributed by atoms with Crippen molar-refractivity contribution < 1.29 is 18.7 Å². The van der Waals surface area contributed by atoms with Crippen LogP contribution in [0, 0.1) is 0 Å². The van der Waals surface area contributed by atoms with E-state index in [1.165, 1.54) is 19.3 Å². The van der Waals surface area contributed by atoms with Gasteiger partial charge in [-0.05, 0) is 24.3 Å². The second-order valence-electron chi connectivity index (χ2n) is 3.97. The van der Waals surface area contributed by atoms with Gasteiger partial charge in [-0.3, -0.25) is 4.79 Å². The normalized spacial score (nSPS) is 10.7. The van der Waals surface area contributed by atoms with Crippen LogP contribution in [0.5, 0.6) is 0 Å². The first-order valence-corrected chi connectivity index (χ1v) is 5.87. The summed E-state index contributed by atoms with van der Waals surface area (Å²) in [6, 6.07) is 10.3. The predicted octanol–water partition coefficient (Wildman–Crippen LogP) is 2.23. The van der Waals surface area contributed by atoms with Gasteiger partial charge >= 0.3 is 5.97 Å². The lowest BCUT2D eigenvalue weighted by Gasteiger charge is -2.04. The highest BCUT2D eigenvalue weighted by Crippen LogP contribution is 2.26. The van der Waals surface area contributed by atoms with E-state index >= 15 is 0 Å². The van der Waals surface area contributed by atoms with Crippen LogP contribution in [0.3, 0.4) is 0 Å². The number of carbonyl (C=O) groups excluding carboxylic acids is 2. The Balaban J connectivity index is 2.38. The first-order chi connectivity index (χ1) is 9.61. The van der Waals surface area contributed by atoms with Gasteiger partial charge in [-0.15, -0.1) is 0 Å². The molecule has 2 rings (SSSR count). The van der Waals surface area contributed by atoms with Crippen molar-refractivity contribution in [2.75, 3.05) is 7.11 Å². The highest BCUT2D eigenvalue weighted by molar-refractivity contribution is 5.96. The molecule has 20 heavy (non-hydrogen) atoms. The maximum Gasteiger partial charge on any atom is 0.338 e. The number of ether oxygens (including phenoxy) is 1. The van der Waals surface area contributed by atoms with Crippen molar-refractivity contribution in [1.82, 2.24) is 0 Å². The van der Waals surface area contributed by atoms with Gasteiger partial charge in [-0.2, -0.15) is 0 Å². The number of carbonyl (C=O) groups is 2. The Morgan fingerprint density at radius 1 is 1.20 bits per heavy atom. The third-order valence-corrected chi connectivity index (χ3v) is 2.64. The van der Waals surface area contributed by atoms with Crippen molar-refractivity contribution in [2.24, 2.45) is 5.73 Å². The summed E-state index contributed by atoms with van der Waals surface area (Å²) >= 11 is 0. The Bertz CT molecular complexity index is 670. The predicted molar refractivity (Wildman–Crippen MR) is 73.7 cm³/mol. The molecule has 0 saturated heterocycles. The van der Waals surface area contributed by atoms with Crippen LogP contribution >= 0.6 is 0 Å². The number of hydrogen-bond donors (Lipinski definition) is 1. The average molecular weight is 271 g/mol. The van der Waals surface area contributed by atoms with E-state index in [0.29, 0.717) is 22.6 Å². The SMILES string of the molecule is COC(=O)c1ccccc1-c1ccc(/C=C/C(N)=O)o1. The topological polar surface area (TPSA) is 82.5 Å². The lowest BCUT2D eigenvalue weighted by atomic mass is 10.1. The summed E-state index contributed by atoms with van der Waals surface area (Å²) in [5.41, 5.74) is 6.05. The summed E-state index contributed by atoms with van der Waals surface area (Å²) in [4.78, 5) is 22.4. The molecule has 0 fully saturated rings. The minimum absolute atomic E-state index is 0.412. The minimum Gasteiger partial charge on any atom is -0.465 e. The van der Waals surface area contributed by atoms with Crippen LogP contribution in [-0.4, -0.2) is 19.0 Å². The van der Waals surface area contributed by atoms with Crippen LogP contribution in [0.1, 0.15) is 16.1 Å². The monoisotopic (exact) mass is 271 g/mol. The molecule has 5 nitrogen and oxygen atoms in total. The molecular formula is C15H13NO4. The van der Waals surface area contributed by atoms with E-state index in [0.717, 1.165) is 0 Å². The molecule has 0 atom stereocenters. The molecule has 2 N–H and O–H groups in total. The second kappa shape index (κ2) is 5.88. The lowest BCUT2D eigenvalue weighted by Crippen LogP contribution is -2.04. The lowest BCUT2D eigenvalue weighted by molar-refractivity contribution is -0.113.